The number of nitrogens with zero attached hydrogens (tertiary/aromatic N) is 2. The Bertz CT molecular complexity index is 1010. The zero-order chi connectivity index (χ0) is 22.2. The van der Waals surface area contributed by atoms with Crippen LogP contribution in [0.3, 0.4) is 0 Å². The Kier molecular flexibility index (Phi) is 8.06. The number of para-hydroxylation sites is 1. The third kappa shape index (κ3) is 5.85. The Morgan fingerprint density at radius 3 is 2.58 bits per heavy atom. The summed E-state index contributed by atoms with van der Waals surface area (Å²) in [5.41, 5.74) is 4.33. The van der Waals surface area contributed by atoms with E-state index in [1.165, 1.54) is 37.0 Å². The first-order valence-electron chi connectivity index (χ1n) is 11.1. The van der Waals surface area contributed by atoms with Gasteiger partial charge >= 0.3 is 0 Å². The molecule has 2 N–H and O–H groups in total. The zero-order valence-electron chi connectivity index (χ0n) is 18.7. The fourth-order valence-corrected chi connectivity index (χ4v) is 4.10. The lowest BCUT2D eigenvalue weighted by atomic mass is 10.0. The maximum atomic E-state index is 8.36. The SMILES string of the molecule is Cc1cc2c(NC(C)C)c3ccccc3nc2cc1OCCCN1CCCC1.O=CO. The average Bonchev–Trinajstić information content (AvgIpc) is 3.26. The van der Waals surface area contributed by atoms with Gasteiger partial charge in [0, 0.05) is 29.4 Å². The van der Waals surface area contributed by atoms with Crippen molar-refractivity contribution < 1.29 is 14.6 Å². The molecule has 0 atom stereocenters. The molecule has 2 aromatic carbocycles. The molecule has 0 aliphatic carbocycles. The molecule has 6 heteroatoms. The van der Waals surface area contributed by atoms with Gasteiger partial charge < -0.3 is 20.1 Å². The highest BCUT2D eigenvalue weighted by Gasteiger charge is 2.14. The third-order valence-electron chi connectivity index (χ3n) is 5.48. The molecule has 4 rings (SSSR count). The Morgan fingerprint density at radius 1 is 1.16 bits per heavy atom. The fraction of sp³-hybridized carbons (Fsp3) is 0.440. The summed E-state index contributed by atoms with van der Waals surface area (Å²) in [4.78, 5) is 15.8. The van der Waals surface area contributed by atoms with Gasteiger partial charge in [0.2, 0.25) is 0 Å². The molecule has 31 heavy (non-hydrogen) atoms. The fourth-order valence-electron chi connectivity index (χ4n) is 4.10. The topological polar surface area (TPSA) is 74.7 Å². The van der Waals surface area contributed by atoms with Gasteiger partial charge in [-0.25, -0.2) is 4.98 Å². The lowest BCUT2D eigenvalue weighted by molar-refractivity contribution is -0.122. The lowest BCUT2D eigenvalue weighted by Gasteiger charge is -2.18. The van der Waals surface area contributed by atoms with E-state index in [2.05, 4.69) is 61.3 Å². The monoisotopic (exact) mass is 423 g/mol. The molecular weight excluding hydrogens is 390 g/mol. The molecule has 2 heterocycles. The van der Waals surface area contributed by atoms with E-state index >= 15 is 0 Å². The number of pyridine rings is 1. The number of aryl methyl sites for hydroxylation is 1. The average molecular weight is 424 g/mol. The zero-order valence-corrected chi connectivity index (χ0v) is 18.7. The van der Waals surface area contributed by atoms with E-state index in [1.54, 1.807) is 0 Å². The van der Waals surface area contributed by atoms with Crippen molar-refractivity contribution in [1.82, 2.24) is 9.88 Å². The number of hydrogen-bond donors (Lipinski definition) is 2. The molecule has 166 valence electrons. The highest BCUT2D eigenvalue weighted by atomic mass is 16.5. The Hall–Kier alpha value is -2.86. The van der Waals surface area contributed by atoms with Gasteiger partial charge in [0.25, 0.3) is 6.47 Å². The molecule has 0 saturated carbocycles. The molecule has 0 radical (unpaired) electrons. The van der Waals surface area contributed by atoms with Crippen molar-refractivity contribution in [2.45, 2.75) is 46.1 Å². The molecule has 1 saturated heterocycles. The molecule has 1 aliphatic rings. The normalized spacial score (nSPS) is 13.9. The minimum Gasteiger partial charge on any atom is -0.493 e. The second kappa shape index (κ2) is 11.0. The maximum absolute atomic E-state index is 8.36. The van der Waals surface area contributed by atoms with Crippen LogP contribution in [0.25, 0.3) is 21.8 Å². The molecule has 6 nitrogen and oxygen atoms in total. The van der Waals surface area contributed by atoms with Gasteiger partial charge in [0.1, 0.15) is 5.75 Å². The summed E-state index contributed by atoms with van der Waals surface area (Å²) >= 11 is 0. The number of benzene rings is 2. The standard InChI is InChI=1S/C24H31N3O.CH2O2/c1-17(2)25-24-19-9-4-5-10-21(19)26-22-16-23(18(3)15-20(22)24)28-14-8-13-27-11-6-7-12-27;2-1-3/h4-5,9-10,15-17H,6-8,11-14H2,1-3H3,(H,25,26);1H,(H,2,3). The van der Waals surface area contributed by atoms with Gasteiger partial charge in [0.15, 0.2) is 0 Å². The van der Waals surface area contributed by atoms with E-state index in [4.69, 9.17) is 19.6 Å². The number of rotatable bonds is 7. The molecule has 1 fully saturated rings. The highest BCUT2D eigenvalue weighted by Crippen LogP contribution is 2.35. The first-order valence-corrected chi connectivity index (χ1v) is 11.1. The predicted molar refractivity (Wildman–Crippen MR) is 127 cm³/mol. The van der Waals surface area contributed by atoms with E-state index in [1.807, 2.05) is 6.07 Å². The van der Waals surface area contributed by atoms with Gasteiger partial charge in [-0.1, -0.05) is 18.2 Å². The number of likely N-dealkylation sites (tertiary alicyclic amines) is 1. The first kappa shape index (κ1) is 22.8. The summed E-state index contributed by atoms with van der Waals surface area (Å²) in [6.45, 7) is 10.6. The summed E-state index contributed by atoms with van der Waals surface area (Å²) in [5, 5.41) is 12.9. The number of fused-ring (bicyclic) bond motifs is 2. The molecule has 0 amide bonds. The van der Waals surface area contributed by atoms with Gasteiger partial charge in [-0.05, 0) is 70.8 Å². The van der Waals surface area contributed by atoms with Crippen LogP contribution in [0.2, 0.25) is 0 Å². The molecule has 0 unspecified atom stereocenters. The van der Waals surface area contributed by atoms with Crippen LogP contribution in [0.4, 0.5) is 5.69 Å². The van der Waals surface area contributed by atoms with Crippen LogP contribution in [-0.4, -0.2) is 53.7 Å². The van der Waals surface area contributed by atoms with Crippen molar-refractivity contribution in [2.24, 2.45) is 0 Å². The number of nitrogens with one attached hydrogen (secondary N) is 1. The molecule has 3 aromatic rings. The quantitative estimate of drug-likeness (QED) is 0.313. The summed E-state index contributed by atoms with van der Waals surface area (Å²) in [6.07, 6.45) is 3.76. The van der Waals surface area contributed by atoms with Crippen LogP contribution in [0.5, 0.6) is 5.75 Å². The number of ether oxygens (including phenoxy) is 1. The summed E-state index contributed by atoms with van der Waals surface area (Å²) in [5.74, 6) is 0.951. The van der Waals surface area contributed by atoms with E-state index in [0.29, 0.717) is 6.04 Å². The first-order chi connectivity index (χ1) is 15.0. The van der Waals surface area contributed by atoms with Crippen LogP contribution in [-0.2, 0) is 4.79 Å². The van der Waals surface area contributed by atoms with Crippen LogP contribution in [0, 0.1) is 6.92 Å². The number of aromatic nitrogens is 1. The number of hydrogen-bond acceptors (Lipinski definition) is 5. The third-order valence-corrected chi connectivity index (χ3v) is 5.48. The van der Waals surface area contributed by atoms with Crippen LogP contribution < -0.4 is 10.1 Å². The van der Waals surface area contributed by atoms with Crippen molar-refractivity contribution in [1.29, 1.82) is 0 Å². The molecule has 1 aliphatic heterocycles. The lowest BCUT2D eigenvalue weighted by Crippen LogP contribution is -2.22. The van der Waals surface area contributed by atoms with Gasteiger partial charge in [0.05, 0.1) is 23.3 Å². The Labute approximate surface area is 184 Å². The largest absolute Gasteiger partial charge is 0.493 e. The summed E-state index contributed by atoms with van der Waals surface area (Å²) < 4.78 is 6.15. The summed E-state index contributed by atoms with van der Waals surface area (Å²) in [7, 11) is 0. The minimum absolute atomic E-state index is 0.250. The minimum atomic E-state index is -0.250. The van der Waals surface area contributed by atoms with Crippen LogP contribution in [0.15, 0.2) is 36.4 Å². The second-order valence-corrected chi connectivity index (χ2v) is 8.29. The Morgan fingerprint density at radius 2 is 1.87 bits per heavy atom. The van der Waals surface area contributed by atoms with E-state index in [9.17, 15) is 0 Å². The summed E-state index contributed by atoms with van der Waals surface area (Å²) in [6, 6.07) is 13.0. The van der Waals surface area contributed by atoms with Crippen LogP contribution in [0.1, 0.15) is 38.7 Å². The second-order valence-electron chi connectivity index (χ2n) is 8.29. The van der Waals surface area contributed by atoms with Crippen molar-refractivity contribution in [3.63, 3.8) is 0 Å². The van der Waals surface area contributed by atoms with E-state index < -0.39 is 0 Å². The van der Waals surface area contributed by atoms with Gasteiger partial charge in [-0.15, -0.1) is 0 Å². The highest BCUT2D eigenvalue weighted by molar-refractivity contribution is 6.08. The van der Waals surface area contributed by atoms with Gasteiger partial charge in [-0.3, -0.25) is 4.79 Å². The van der Waals surface area contributed by atoms with Crippen molar-refractivity contribution in [3.05, 3.63) is 42.0 Å². The Balaban J connectivity index is 0.000000858. The van der Waals surface area contributed by atoms with Crippen molar-refractivity contribution >= 4 is 34.0 Å². The van der Waals surface area contributed by atoms with Crippen molar-refractivity contribution in [3.8, 4) is 5.75 Å². The van der Waals surface area contributed by atoms with E-state index in [0.717, 1.165) is 47.3 Å². The molecule has 1 aromatic heterocycles. The maximum Gasteiger partial charge on any atom is 0.290 e. The number of carbonyl (C=O) groups is 1. The van der Waals surface area contributed by atoms with Crippen LogP contribution >= 0.6 is 0 Å². The smallest absolute Gasteiger partial charge is 0.290 e. The predicted octanol–water partition coefficient (Wildman–Crippen LogP) is 5.08. The molecule has 0 bridgehead atoms. The van der Waals surface area contributed by atoms with E-state index in [-0.39, 0.29) is 6.47 Å². The molecular formula is C25H33N3O3. The van der Waals surface area contributed by atoms with Gasteiger partial charge in [-0.2, -0.15) is 0 Å². The molecule has 0 spiro atoms. The number of carboxylic acid groups (broad SMARTS) is 1. The number of anilines is 1. The van der Waals surface area contributed by atoms with Crippen molar-refractivity contribution in [2.75, 3.05) is 31.6 Å².